The number of hydrogen-bond donors (Lipinski definition) is 1. The second-order valence-corrected chi connectivity index (χ2v) is 5.77. The van der Waals surface area contributed by atoms with Gasteiger partial charge in [0.25, 0.3) is 0 Å². The van der Waals surface area contributed by atoms with Gasteiger partial charge in [0.15, 0.2) is 4.96 Å². The Bertz CT molecular complexity index is 473. The first kappa shape index (κ1) is 12.1. The van der Waals surface area contributed by atoms with Crippen LogP contribution in [0, 0.1) is 0 Å². The van der Waals surface area contributed by atoms with Crippen LogP contribution in [-0.2, 0) is 11.2 Å². The van der Waals surface area contributed by atoms with Crippen LogP contribution < -0.4 is 0 Å². The van der Waals surface area contributed by atoms with E-state index in [1.54, 1.807) is 11.3 Å². The summed E-state index contributed by atoms with van der Waals surface area (Å²) in [6.07, 6.45) is 8.77. The lowest BCUT2D eigenvalue weighted by molar-refractivity contribution is 0.0811. The summed E-state index contributed by atoms with van der Waals surface area (Å²) in [5.74, 6) is 0. The zero-order chi connectivity index (χ0) is 12.4. The van der Waals surface area contributed by atoms with E-state index < -0.39 is 0 Å². The van der Waals surface area contributed by atoms with E-state index in [1.807, 2.05) is 22.2 Å². The largest absolute Gasteiger partial charge is 0.393 e. The average molecular weight is 266 g/mol. The van der Waals surface area contributed by atoms with Crippen LogP contribution in [0.2, 0.25) is 0 Å². The fourth-order valence-corrected chi connectivity index (χ4v) is 3.19. The van der Waals surface area contributed by atoms with Gasteiger partial charge in [0.1, 0.15) is 0 Å². The molecule has 2 aromatic rings. The summed E-state index contributed by atoms with van der Waals surface area (Å²) >= 11 is 1.62. The van der Waals surface area contributed by atoms with E-state index in [0.29, 0.717) is 12.5 Å². The van der Waals surface area contributed by atoms with Gasteiger partial charge in [0.05, 0.1) is 17.9 Å². The smallest absolute Gasteiger partial charge is 0.193 e. The minimum atomic E-state index is -0.307. The van der Waals surface area contributed by atoms with Crippen LogP contribution in [0.4, 0.5) is 0 Å². The minimum Gasteiger partial charge on any atom is -0.393 e. The summed E-state index contributed by atoms with van der Waals surface area (Å²) in [7, 11) is 0. The number of ether oxygens (including phenoxy) is 1. The van der Waals surface area contributed by atoms with Gasteiger partial charge in [-0.25, -0.2) is 4.98 Å². The van der Waals surface area contributed by atoms with Gasteiger partial charge in [-0.15, -0.1) is 11.3 Å². The second-order valence-electron chi connectivity index (χ2n) is 4.90. The molecule has 4 nitrogen and oxygen atoms in total. The first-order chi connectivity index (χ1) is 8.81. The highest BCUT2D eigenvalue weighted by molar-refractivity contribution is 7.15. The Balaban J connectivity index is 1.50. The van der Waals surface area contributed by atoms with E-state index in [4.69, 9.17) is 4.74 Å². The molecule has 2 aromatic heterocycles. The van der Waals surface area contributed by atoms with E-state index in [1.165, 1.54) is 0 Å². The Kier molecular flexibility index (Phi) is 3.63. The number of nitrogens with zero attached hydrogens (tertiary/aromatic N) is 2. The molecular formula is C13H18N2O2S. The second kappa shape index (κ2) is 5.38. The number of aliphatic hydroxyl groups excluding tert-OH is 1. The summed E-state index contributed by atoms with van der Waals surface area (Å²) in [4.78, 5) is 5.48. The normalized spacial score (nSPS) is 21.7. The van der Waals surface area contributed by atoms with Crippen molar-refractivity contribution in [1.82, 2.24) is 9.38 Å². The molecule has 5 heteroatoms. The van der Waals surface area contributed by atoms with Crippen LogP contribution in [0.1, 0.15) is 31.4 Å². The van der Waals surface area contributed by atoms with Crippen molar-refractivity contribution in [3.8, 4) is 0 Å². The van der Waals surface area contributed by atoms with E-state index in [0.717, 1.165) is 42.9 Å². The Morgan fingerprint density at radius 2 is 2.56 bits per heavy atom. The maximum absolute atomic E-state index is 10.0. The van der Waals surface area contributed by atoms with Crippen LogP contribution >= 0.6 is 11.3 Å². The summed E-state index contributed by atoms with van der Waals surface area (Å²) in [6.45, 7) is 0.887. The lowest BCUT2D eigenvalue weighted by Gasteiger charge is -2.12. The molecule has 0 radical (unpaired) electrons. The highest BCUT2D eigenvalue weighted by Crippen LogP contribution is 2.19. The SMILES string of the molecule is OC(CCC1CCCO1)Cc1cn2ccsc2n1. The van der Waals surface area contributed by atoms with Gasteiger partial charge >= 0.3 is 0 Å². The predicted octanol–water partition coefficient (Wildman–Crippen LogP) is 2.26. The molecule has 98 valence electrons. The zero-order valence-corrected chi connectivity index (χ0v) is 11.1. The van der Waals surface area contributed by atoms with Crippen LogP contribution in [0.5, 0.6) is 0 Å². The zero-order valence-electron chi connectivity index (χ0n) is 10.3. The molecule has 1 aliphatic rings. The van der Waals surface area contributed by atoms with Crippen molar-refractivity contribution < 1.29 is 9.84 Å². The highest BCUT2D eigenvalue weighted by Gasteiger charge is 2.17. The summed E-state index contributed by atoms with van der Waals surface area (Å²) < 4.78 is 7.57. The third-order valence-electron chi connectivity index (χ3n) is 3.43. The summed E-state index contributed by atoms with van der Waals surface area (Å²) in [5, 5.41) is 12.0. The number of hydrogen-bond acceptors (Lipinski definition) is 4. The first-order valence-electron chi connectivity index (χ1n) is 6.52. The van der Waals surface area contributed by atoms with Gasteiger partial charge in [0.2, 0.25) is 0 Å². The third kappa shape index (κ3) is 2.74. The molecular weight excluding hydrogens is 248 g/mol. The third-order valence-corrected chi connectivity index (χ3v) is 4.20. The molecule has 2 unspecified atom stereocenters. The molecule has 0 spiro atoms. The van der Waals surface area contributed by atoms with Gasteiger partial charge in [-0.2, -0.15) is 0 Å². The molecule has 3 rings (SSSR count). The molecule has 3 heterocycles. The Morgan fingerprint density at radius 1 is 1.61 bits per heavy atom. The van der Waals surface area contributed by atoms with E-state index in [9.17, 15) is 5.11 Å². The number of thiazole rings is 1. The fourth-order valence-electron chi connectivity index (χ4n) is 2.47. The van der Waals surface area contributed by atoms with Crippen molar-refractivity contribution in [3.63, 3.8) is 0 Å². The maximum Gasteiger partial charge on any atom is 0.193 e. The van der Waals surface area contributed by atoms with Crippen LogP contribution in [0.25, 0.3) is 4.96 Å². The van der Waals surface area contributed by atoms with Gasteiger partial charge in [0, 0.05) is 30.8 Å². The van der Waals surface area contributed by atoms with Crippen molar-refractivity contribution >= 4 is 16.3 Å². The number of aliphatic hydroxyl groups is 1. The van der Waals surface area contributed by atoms with Crippen LogP contribution in [-0.4, -0.2) is 33.3 Å². The predicted molar refractivity (Wildman–Crippen MR) is 71.0 cm³/mol. The van der Waals surface area contributed by atoms with E-state index >= 15 is 0 Å². The average Bonchev–Trinajstić information content (AvgIpc) is 3.01. The molecule has 1 N–H and O–H groups in total. The van der Waals surface area contributed by atoms with Gasteiger partial charge in [-0.1, -0.05) is 0 Å². The van der Waals surface area contributed by atoms with Crippen molar-refractivity contribution in [1.29, 1.82) is 0 Å². The molecule has 2 atom stereocenters. The highest BCUT2D eigenvalue weighted by atomic mass is 32.1. The van der Waals surface area contributed by atoms with E-state index in [2.05, 4.69) is 4.98 Å². The number of imidazole rings is 1. The Morgan fingerprint density at radius 3 is 3.33 bits per heavy atom. The molecule has 0 saturated carbocycles. The maximum atomic E-state index is 10.0. The standard InChI is InChI=1S/C13H18N2O2S/c16-11(3-4-12-2-1-6-17-12)8-10-9-15-5-7-18-13(15)14-10/h5,7,9,11-12,16H,1-4,6,8H2. The molecule has 1 saturated heterocycles. The van der Waals surface area contributed by atoms with Gasteiger partial charge < -0.3 is 9.84 Å². The first-order valence-corrected chi connectivity index (χ1v) is 7.40. The molecule has 0 bridgehead atoms. The molecule has 0 aliphatic carbocycles. The van der Waals surface area contributed by atoms with Crippen LogP contribution in [0.3, 0.4) is 0 Å². The summed E-state index contributed by atoms with van der Waals surface area (Å²) in [6, 6.07) is 0. The molecule has 0 aromatic carbocycles. The molecule has 18 heavy (non-hydrogen) atoms. The van der Waals surface area contributed by atoms with Gasteiger partial charge in [-0.05, 0) is 25.7 Å². The Hall–Kier alpha value is -0.910. The Labute approximate surface area is 110 Å². The molecule has 1 fully saturated rings. The van der Waals surface area contributed by atoms with Gasteiger partial charge in [-0.3, -0.25) is 4.40 Å². The van der Waals surface area contributed by atoms with Crippen molar-refractivity contribution in [3.05, 3.63) is 23.5 Å². The molecule has 0 amide bonds. The van der Waals surface area contributed by atoms with Crippen LogP contribution in [0.15, 0.2) is 17.8 Å². The minimum absolute atomic E-state index is 0.307. The monoisotopic (exact) mass is 266 g/mol. The number of fused-ring (bicyclic) bond motifs is 1. The lowest BCUT2D eigenvalue weighted by atomic mass is 10.0. The van der Waals surface area contributed by atoms with Crippen molar-refractivity contribution in [2.75, 3.05) is 6.61 Å². The fraction of sp³-hybridized carbons (Fsp3) is 0.615. The number of aromatic nitrogens is 2. The van der Waals surface area contributed by atoms with Crippen molar-refractivity contribution in [2.45, 2.75) is 44.3 Å². The molecule has 1 aliphatic heterocycles. The topological polar surface area (TPSA) is 46.8 Å². The number of rotatable bonds is 5. The lowest BCUT2D eigenvalue weighted by Crippen LogP contribution is -2.15. The van der Waals surface area contributed by atoms with Crippen molar-refractivity contribution in [2.24, 2.45) is 0 Å². The van der Waals surface area contributed by atoms with E-state index in [-0.39, 0.29) is 6.10 Å². The quantitative estimate of drug-likeness (QED) is 0.903. The summed E-state index contributed by atoms with van der Waals surface area (Å²) in [5.41, 5.74) is 0.974.